The summed E-state index contributed by atoms with van der Waals surface area (Å²) in [6.45, 7) is -3.18. The van der Waals surface area contributed by atoms with Crippen molar-refractivity contribution in [3.63, 3.8) is 0 Å². The molecule has 0 aliphatic carbocycles. The first-order valence-electron chi connectivity index (χ1n) is 4.53. The molecule has 110 valence electrons. The molecular weight excluding hydrogens is 311 g/mol. The van der Waals surface area contributed by atoms with Crippen LogP contribution in [-0.2, 0) is 5.92 Å². The van der Waals surface area contributed by atoms with Gasteiger partial charge in [0.2, 0.25) is 0 Å². The van der Waals surface area contributed by atoms with E-state index >= 15 is 0 Å². The maximum absolute atomic E-state index is 13.3. The van der Waals surface area contributed by atoms with E-state index in [0.29, 0.717) is 6.07 Å². The molecule has 0 N–H and O–H groups in total. The molecule has 0 fully saturated rings. The van der Waals surface area contributed by atoms with Crippen molar-refractivity contribution in [2.75, 3.05) is 6.67 Å². The molecule has 0 aliphatic rings. The smallest absolute Gasteiger partial charge is 0.244 e. The Hall–Kier alpha value is -0.930. The summed E-state index contributed by atoms with van der Waals surface area (Å²) in [7, 11) is 0. The molecule has 0 atom stereocenters. The van der Waals surface area contributed by atoms with Crippen molar-refractivity contribution in [2.24, 2.45) is 0 Å². The van der Waals surface area contributed by atoms with E-state index in [0.717, 1.165) is 11.4 Å². The molecule has 0 saturated heterocycles. The second-order valence-corrected chi connectivity index (χ2v) is 4.49. The third kappa shape index (κ3) is 2.19. The van der Waals surface area contributed by atoms with Crippen LogP contribution >= 0.6 is 11.3 Å². The lowest BCUT2D eigenvalue weighted by Crippen LogP contribution is -2.61. The minimum absolute atomic E-state index is 0.0109. The van der Waals surface area contributed by atoms with Crippen molar-refractivity contribution >= 4 is 11.3 Å². The Morgan fingerprint density at radius 1 is 0.895 bits per heavy atom. The highest BCUT2D eigenvalue weighted by molar-refractivity contribution is 7.10. The third-order valence-corrected chi connectivity index (χ3v) is 3.19. The van der Waals surface area contributed by atoms with Crippen molar-refractivity contribution < 1.29 is 39.5 Å². The van der Waals surface area contributed by atoms with E-state index in [4.69, 9.17) is 0 Å². The molecule has 0 amide bonds. The van der Waals surface area contributed by atoms with E-state index in [1.165, 1.54) is 0 Å². The van der Waals surface area contributed by atoms with E-state index < -0.39 is 35.2 Å². The van der Waals surface area contributed by atoms with Gasteiger partial charge < -0.3 is 0 Å². The maximum atomic E-state index is 13.3. The highest BCUT2D eigenvalue weighted by Gasteiger charge is 2.81. The topological polar surface area (TPSA) is 0 Å². The molecule has 1 aromatic heterocycles. The van der Waals surface area contributed by atoms with Gasteiger partial charge in [0.05, 0.1) is 4.88 Å². The Morgan fingerprint density at radius 3 is 1.79 bits per heavy atom. The zero-order chi connectivity index (χ0) is 15.1. The lowest BCUT2D eigenvalue weighted by molar-refractivity contribution is -0.371. The van der Waals surface area contributed by atoms with E-state index in [1.54, 1.807) is 0 Å². The van der Waals surface area contributed by atoms with Crippen LogP contribution in [0, 0.1) is 0 Å². The van der Waals surface area contributed by atoms with Crippen LogP contribution in [0.2, 0.25) is 0 Å². The first-order valence-corrected chi connectivity index (χ1v) is 5.41. The monoisotopic (exact) mass is 316 g/mol. The van der Waals surface area contributed by atoms with E-state index in [-0.39, 0.29) is 11.3 Å². The van der Waals surface area contributed by atoms with Gasteiger partial charge in [0.1, 0.15) is 0 Å². The number of hydrogen-bond acceptors (Lipinski definition) is 1. The Balaban J connectivity index is 3.31. The summed E-state index contributed by atoms with van der Waals surface area (Å²) in [6.07, 6.45) is 0. The minimum Gasteiger partial charge on any atom is -0.244 e. The summed E-state index contributed by atoms with van der Waals surface area (Å²) in [5.74, 6) is -24.4. The summed E-state index contributed by atoms with van der Waals surface area (Å²) >= 11 is -0.0109. The van der Waals surface area contributed by atoms with Crippen LogP contribution in [0.25, 0.3) is 0 Å². The molecular formula is C9H5F9S. The SMILES string of the molecule is FCC(F)(F)C(F)(F)C(F)(F)C(F)(F)c1cccs1. The third-order valence-electron chi connectivity index (χ3n) is 2.25. The van der Waals surface area contributed by atoms with E-state index in [9.17, 15) is 39.5 Å². The van der Waals surface area contributed by atoms with Crippen LogP contribution < -0.4 is 0 Å². The van der Waals surface area contributed by atoms with Crippen LogP contribution in [-0.4, -0.2) is 24.4 Å². The molecule has 1 aromatic rings. The summed E-state index contributed by atoms with van der Waals surface area (Å²) in [6, 6.07) is 1.25. The second-order valence-electron chi connectivity index (χ2n) is 3.54. The molecule has 10 heteroatoms. The predicted molar refractivity (Wildman–Crippen MR) is 49.0 cm³/mol. The highest BCUT2D eigenvalue weighted by Crippen LogP contribution is 2.56. The average molecular weight is 316 g/mol. The summed E-state index contributed by atoms with van der Waals surface area (Å²) in [5.41, 5.74) is 0. The molecule has 0 aromatic carbocycles. The van der Waals surface area contributed by atoms with E-state index in [1.807, 2.05) is 0 Å². The van der Waals surface area contributed by atoms with Crippen LogP contribution in [0.15, 0.2) is 17.5 Å². The fourth-order valence-electron chi connectivity index (χ4n) is 1.12. The number of thiophene rings is 1. The standard InChI is InChI=1S/C9H5F9S/c10-4-6(11,12)8(15,16)9(17,18)7(13,14)5-2-1-3-19-5/h1-3H,4H2. The molecule has 0 nitrogen and oxygen atoms in total. The van der Waals surface area contributed by atoms with Gasteiger partial charge in [0.25, 0.3) is 0 Å². The van der Waals surface area contributed by atoms with Gasteiger partial charge in [-0.3, -0.25) is 0 Å². The number of rotatable bonds is 5. The number of hydrogen-bond donors (Lipinski definition) is 0. The predicted octanol–water partition coefficient (Wildman–Crippen LogP) is 4.72. The molecule has 0 radical (unpaired) electrons. The molecule has 0 spiro atoms. The van der Waals surface area contributed by atoms with Gasteiger partial charge in [-0.05, 0) is 11.4 Å². The van der Waals surface area contributed by atoms with Gasteiger partial charge in [-0.2, -0.15) is 35.1 Å². The molecule has 1 rings (SSSR count). The van der Waals surface area contributed by atoms with Crippen LogP contribution in [0.5, 0.6) is 0 Å². The first kappa shape index (κ1) is 16.1. The van der Waals surface area contributed by atoms with Gasteiger partial charge >= 0.3 is 23.7 Å². The first-order chi connectivity index (χ1) is 8.42. The maximum Gasteiger partial charge on any atom is 0.383 e. The molecule has 0 unspecified atom stereocenters. The highest BCUT2D eigenvalue weighted by atomic mass is 32.1. The largest absolute Gasteiger partial charge is 0.383 e. The lowest BCUT2D eigenvalue weighted by atomic mass is 9.98. The van der Waals surface area contributed by atoms with Crippen molar-refractivity contribution in [2.45, 2.75) is 23.7 Å². The molecule has 19 heavy (non-hydrogen) atoms. The molecule has 1 heterocycles. The minimum atomic E-state index is -6.54. The molecule has 0 aliphatic heterocycles. The van der Waals surface area contributed by atoms with Gasteiger partial charge in [-0.1, -0.05) is 6.07 Å². The summed E-state index contributed by atoms with van der Waals surface area (Å²) in [4.78, 5) is -1.52. The van der Waals surface area contributed by atoms with Crippen molar-refractivity contribution in [3.05, 3.63) is 22.4 Å². The van der Waals surface area contributed by atoms with Crippen molar-refractivity contribution in [1.29, 1.82) is 0 Å². The molecule has 0 saturated carbocycles. The van der Waals surface area contributed by atoms with E-state index in [2.05, 4.69) is 0 Å². The fourth-order valence-corrected chi connectivity index (χ4v) is 1.86. The molecule has 0 bridgehead atoms. The Morgan fingerprint density at radius 2 is 1.42 bits per heavy atom. The normalized spacial score (nSPS) is 14.8. The van der Waals surface area contributed by atoms with Crippen molar-refractivity contribution in [3.8, 4) is 0 Å². The number of halogens is 9. The fraction of sp³-hybridized carbons (Fsp3) is 0.556. The lowest BCUT2D eigenvalue weighted by Gasteiger charge is -2.35. The Labute approximate surface area is 104 Å². The summed E-state index contributed by atoms with van der Waals surface area (Å²) in [5, 5.41) is 0.880. The Kier molecular flexibility index (Phi) is 3.88. The zero-order valence-corrected chi connectivity index (χ0v) is 9.57. The quantitative estimate of drug-likeness (QED) is 0.690. The van der Waals surface area contributed by atoms with Crippen molar-refractivity contribution in [1.82, 2.24) is 0 Å². The van der Waals surface area contributed by atoms with Crippen LogP contribution in [0.1, 0.15) is 4.88 Å². The van der Waals surface area contributed by atoms with Gasteiger partial charge in [-0.15, -0.1) is 11.3 Å². The van der Waals surface area contributed by atoms with Crippen LogP contribution in [0.4, 0.5) is 39.5 Å². The Bertz CT molecular complexity index is 423. The van der Waals surface area contributed by atoms with Gasteiger partial charge in [0, 0.05) is 0 Å². The van der Waals surface area contributed by atoms with Gasteiger partial charge in [-0.25, -0.2) is 4.39 Å². The van der Waals surface area contributed by atoms with Crippen LogP contribution in [0.3, 0.4) is 0 Å². The van der Waals surface area contributed by atoms with Gasteiger partial charge in [0.15, 0.2) is 6.67 Å². The second kappa shape index (κ2) is 4.57. The number of alkyl halides is 9. The average Bonchev–Trinajstić information content (AvgIpc) is 2.82. The zero-order valence-electron chi connectivity index (χ0n) is 8.75. The summed E-state index contributed by atoms with van der Waals surface area (Å²) < 4.78 is 115.